The Bertz CT molecular complexity index is 317. The van der Waals surface area contributed by atoms with Gasteiger partial charge in [-0.25, -0.2) is 4.98 Å². The van der Waals surface area contributed by atoms with Crippen molar-refractivity contribution < 1.29 is 9.84 Å². The van der Waals surface area contributed by atoms with Crippen LogP contribution < -0.4 is 15.8 Å². The van der Waals surface area contributed by atoms with Gasteiger partial charge < -0.3 is 20.9 Å². The SMILES string of the molecule is COc1ccc(C(CN)NCCCCCO)cn1. The van der Waals surface area contributed by atoms with Gasteiger partial charge in [-0.3, -0.25) is 0 Å². The molecule has 0 saturated heterocycles. The second-order valence-corrected chi connectivity index (χ2v) is 4.16. The van der Waals surface area contributed by atoms with Crippen molar-refractivity contribution in [1.29, 1.82) is 0 Å². The summed E-state index contributed by atoms with van der Waals surface area (Å²) in [6.45, 7) is 1.70. The third-order valence-corrected chi connectivity index (χ3v) is 2.83. The number of unbranched alkanes of at least 4 members (excludes halogenated alkanes) is 2. The van der Waals surface area contributed by atoms with Gasteiger partial charge in [-0.05, 0) is 31.4 Å². The maximum Gasteiger partial charge on any atom is 0.212 e. The second-order valence-electron chi connectivity index (χ2n) is 4.16. The van der Waals surface area contributed by atoms with Crippen LogP contribution in [-0.4, -0.2) is 36.9 Å². The number of nitrogens with zero attached hydrogens (tertiary/aromatic N) is 1. The predicted molar refractivity (Wildman–Crippen MR) is 71.5 cm³/mol. The Morgan fingerprint density at radius 3 is 2.78 bits per heavy atom. The third-order valence-electron chi connectivity index (χ3n) is 2.83. The average molecular weight is 253 g/mol. The second kappa shape index (κ2) is 8.85. The summed E-state index contributed by atoms with van der Waals surface area (Å²) in [7, 11) is 1.60. The summed E-state index contributed by atoms with van der Waals surface area (Å²) < 4.78 is 5.02. The molecule has 1 rings (SSSR count). The first kappa shape index (κ1) is 14.9. The van der Waals surface area contributed by atoms with Crippen LogP contribution >= 0.6 is 0 Å². The van der Waals surface area contributed by atoms with Crippen LogP contribution in [0.15, 0.2) is 18.3 Å². The van der Waals surface area contributed by atoms with Gasteiger partial charge in [-0.1, -0.05) is 6.07 Å². The van der Waals surface area contributed by atoms with Gasteiger partial charge in [0, 0.05) is 31.5 Å². The molecule has 0 amide bonds. The van der Waals surface area contributed by atoms with Gasteiger partial charge >= 0.3 is 0 Å². The number of aromatic nitrogens is 1. The highest BCUT2D eigenvalue weighted by atomic mass is 16.5. The van der Waals surface area contributed by atoms with Crippen molar-refractivity contribution in [2.45, 2.75) is 25.3 Å². The summed E-state index contributed by atoms with van der Waals surface area (Å²) in [5, 5.41) is 12.1. The van der Waals surface area contributed by atoms with Crippen LogP contribution in [-0.2, 0) is 0 Å². The normalized spacial score (nSPS) is 12.4. The number of aliphatic hydroxyl groups excluding tert-OH is 1. The zero-order valence-electron chi connectivity index (χ0n) is 10.9. The molecule has 5 heteroatoms. The molecule has 102 valence electrons. The number of hydrogen-bond acceptors (Lipinski definition) is 5. The summed E-state index contributed by atoms with van der Waals surface area (Å²) in [6, 6.07) is 3.94. The molecule has 1 atom stereocenters. The third kappa shape index (κ3) is 5.00. The minimum Gasteiger partial charge on any atom is -0.481 e. The quantitative estimate of drug-likeness (QED) is 0.568. The fraction of sp³-hybridized carbons (Fsp3) is 0.615. The van der Waals surface area contributed by atoms with Crippen LogP contribution in [0.1, 0.15) is 30.9 Å². The Balaban J connectivity index is 2.39. The first-order chi connectivity index (χ1) is 8.81. The highest BCUT2D eigenvalue weighted by Crippen LogP contribution is 2.14. The topological polar surface area (TPSA) is 80.4 Å². The number of rotatable bonds is 9. The minimum absolute atomic E-state index is 0.123. The molecule has 0 aromatic carbocycles. The smallest absolute Gasteiger partial charge is 0.212 e. The number of aliphatic hydroxyl groups is 1. The highest BCUT2D eigenvalue weighted by Gasteiger charge is 2.09. The van der Waals surface area contributed by atoms with E-state index in [9.17, 15) is 0 Å². The van der Waals surface area contributed by atoms with Crippen molar-refractivity contribution in [3.63, 3.8) is 0 Å². The van der Waals surface area contributed by atoms with E-state index in [4.69, 9.17) is 15.6 Å². The Morgan fingerprint density at radius 2 is 2.22 bits per heavy atom. The van der Waals surface area contributed by atoms with E-state index in [-0.39, 0.29) is 12.6 Å². The molecule has 1 unspecified atom stereocenters. The summed E-state index contributed by atoms with van der Waals surface area (Å²) in [5.41, 5.74) is 6.82. The molecular weight excluding hydrogens is 230 g/mol. The fourth-order valence-electron chi connectivity index (χ4n) is 1.75. The van der Waals surface area contributed by atoms with Crippen molar-refractivity contribution >= 4 is 0 Å². The van der Waals surface area contributed by atoms with E-state index in [1.807, 2.05) is 12.1 Å². The van der Waals surface area contributed by atoms with Crippen LogP contribution in [0, 0.1) is 0 Å². The zero-order valence-corrected chi connectivity index (χ0v) is 10.9. The molecule has 1 aromatic heterocycles. The van der Waals surface area contributed by atoms with E-state index in [1.54, 1.807) is 13.3 Å². The van der Waals surface area contributed by atoms with E-state index >= 15 is 0 Å². The molecule has 0 spiro atoms. The molecule has 0 saturated carbocycles. The lowest BCUT2D eigenvalue weighted by atomic mass is 10.1. The van der Waals surface area contributed by atoms with Crippen LogP contribution in [0.3, 0.4) is 0 Å². The summed E-state index contributed by atoms with van der Waals surface area (Å²) in [5.74, 6) is 0.609. The van der Waals surface area contributed by atoms with Crippen LogP contribution in [0.2, 0.25) is 0 Å². The Morgan fingerprint density at radius 1 is 1.39 bits per heavy atom. The van der Waals surface area contributed by atoms with Crippen LogP contribution in [0.4, 0.5) is 0 Å². The Labute approximate surface area is 108 Å². The molecule has 0 fully saturated rings. The van der Waals surface area contributed by atoms with Gasteiger partial charge in [-0.15, -0.1) is 0 Å². The molecule has 1 aromatic rings. The number of ether oxygens (including phenoxy) is 1. The summed E-state index contributed by atoms with van der Waals surface area (Å²) in [4.78, 5) is 4.17. The van der Waals surface area contributed by atoms with Crippen molar-refractivity contribution in [2.75, 3.05) is 26.8 Å². The largest absolute Gasteiger partial charge is 0.481 e. The van der Waals surface area contributed by atoms with E-state index in [1.165, 1.54) is 0 Å². The fourth-order valence-corrected chi connectivity index (χ4v) is 1.75. The first-order valence-corrected chi connectivity index (χ1v) is 6.36. The van der Waals surface area contributed by atoms with Crippen molar-refractivity contribution in [2.24, 2.45) is 5.73 Å². The van der Waals surface area contributed by atoms with Gasteiger partial charge in [0.05, 0.1) is 7.11 Å². The van der Waals surface area contributed by atoms with Crippen LogP contribution in [0.25, 0.3) is 0 Å². The minimum atomic E-state index is 0.123. The number of pyridine rings is 1. The summed E-state index contributed by atoms with van der Waals surface area (Å²) >= 11 is 0. The van der Waals surface area contributed by atoms with E-state index < -0.39 is 0 Å². The molecule has 18 heavy (non-hydrogen) atoms. The Hall–Kier alpha value is -1.17. The Kier molecular flexibility index (Phi) is 7.32. The number of nitrogens with one attached hydrogen (secondary N) is 1. The van der Waals surface area contributed by atoms with E-state index in [0.29, 0.717) is 12.4 Å². The first-order valence-electron chi connectivity index (χ1n) is 6.36. The number of nitrogens with two attached hydrogens (primary N) is 1. The van der Waals surface area contributed by atoms with Gasteiger partial charge in [0.25, 0.3) is 0 Å². The molecule has 5 nitrogen and oxygen atoms in total. The van der Waals surface area contributed by atoms with Crippen molar-refractivity contribution in [3.05, 3.63) is 23.9 Å². The van der Waals surface area contributed by atoms with Gasteiger partial charge in [0.1, 0.15) is 0 Å². The molecule has 1 heterocycles. The van der Waals surface area contributed by atoms with E-state index in [0.717, 1.165) is 31.4 Å². The predicted octanol–water partition coefficient (Wildman–Crippen LogP) is 0.842. The monoisotopic (exact) mass is 253 g/mol. The molecule has 4 N–H and O–H groups in total. The lowest BCUT2D eigenvalue weighted by Crippen LogP contribution is -2.29. The van der Waals surface area contributed by atoms with Crippen molar-refractivity contribution in [1.82, 2.24) is 10.3 Å². The zero-order chi connectivity index (χ0) is 13.2. The summed E-state index contributed by atoms with van der Waals surface area (Å²) in [6.07, 6.45) is 4.72. The average Bonchev–Trinajstić information content (AvgIpc) is 2.43. The molecule has 0 aliphatic carbocycles. The lowest BCUT2D eigenvalue weighted by molar-refractivity contribution is 0.282. The van der Waals surface area contributed by atoms with Crippen molar-refractivity contribution in [3.8, 4) is 5.88 Å². The molecule has 0 aliphatic heterocycles. The van der Waals surface area contributed by atoms with Gasteiger partial charge in [0.15, 0.2) is 0 Å². The highest BCUT2D eigenvalue weighted by molar-refractivity contribution is 5.21. The molecular formula is C13H23N3O2. The molecule has 0 aliphatic rings. The maximum absolute atomic E-state index is 8.69. The van der Waals surface area contributed by atoms with Gasteiger partial charge in [0.2, 0.25) is 5.88 Å². The van der Waals surface area contributed by atoms with Crippen LogP contribution in [0.5, 0.6) is 5.88 Å². The molecule has 0 bridgehead atoms. The lowest BCUT2D eigenvalue weighted by Gasteiger charge is -2.17. The molecule has 0 radical (unpaired) electrons. The maximum atomic E-state index is 8.69. The van der Waals surface area contributed by atoms with Gasteiger partial charge in [-0.2, -0.15) is 0 Å². The standard InChI is InChI=1S/C13H23N3O2/c1-18-13-6-5-11(10-16-13)12(9-14)15-7-3-2-4-8-17/h5-6,10,12,15,17H,2-4,7-9,14H2,1H3. The number of methoxy groups -OCH3 is 1. The van der Waals surface area contributed by atoms with E-state index in [2.05, 4.69) is 10.3 Å². The number of hydrogen-bond donors (Lipinski definition) is 3.